The van der Waals surface area contributed by atoms with Gasteiger partial charge in [0.25, 0.3) is 10.0 Å². The number of carbonyl (C=O) groups is 3. The number of hydroxylamine groups is 4. The Bertz CT molecular complexity index is 3560. The molecule has 93 heavy (non-hydrogen) atoms. The summed E-state index contributed by atoms with van der Waals surface area (Å²) < 4.78 is 39.4. The van der Waals surface area contributed by atoms with Gasteiger partial charge >= 0.3 is 17.9 Å². The van der Waals surface area contributed by atoms with E-state index in [4.69, 9.17) is 19.0 Å². The zero-order valence-electron chi connectivity index (χ0n) is 53.3. The van der Waals surface area contributed by atoms with Crippen molar-refractivity contribution in [1.29, 1.82) is 0 Å². The molecule has 8 aromatic carbocycles. The van der Waals surface area contributed by atoms with Crippen LogP contribution in [0, 0.1) is 11.1 Å². The summed E-state index contributed by atoms with van der Waals surface area (Å²) >= 11 is 0. The maximum absolute atomic E-state index is 13.9. The first-order valence-electron chi connectivity index (χ1n) is 31.8. The van der Waals surface area contributed by atoms with E-state index < -0.39 is 44.0 Å². The minimum Gasteiger partial charge on any atom is -0.632 e. The number of ether oxygens (including phenoxy) is 3. The number of nitrogens with zero attached hydrogens (tertiary/aromatic N) is 4. The Labute approximate surface area is 547 Å². The fourth-order valence-electron chi connectivity index (χ4n) is 12.9. The largest absolute Gasteiger partial charge is 0.632 e. The predicted octanol–water partition coefficient (Wildman–Crippen LogP) is 12.7. The van der Waals surface area contributed by atoms with Crippen molar-refractivity contribution in [2.24, 2.45) is 5.92 Å². The highest BCUT2D eigenvalue weighted by atomic mass is 32.2. The van der Waals surface area contributed by atoms with Crippen LogP contribution in [0.3, 0.4) is 0 Å². The number of carbonyl (C=O) groups excluding carboxylic acids is 3. The molecule has 4 fully saturated rings. The number of hydrogen-bond acceptors (Lipinski definition) is 14. The highest BCUT2D eigenvalue weighted by molar-refractivity contribution is 7.89. The number of sulfonamides is 1. The van der Waals surface area contributed by atoms with Gasteiger partial charge in [-0.1, -0.05) is 231 Å². The molecule has 4 aliphatic rings. The van der Waals surface area contributed by atoms with E-state index in [1.807, 2.05) is 140 Å². The molecule has 1 heterocycles. The smallest absolute Gasteiger partial charge is 0.338 e. The van der Waals surface area contributed by atoms with Crippen LogP contribution >= 0.6 is 0 Å². The van der Waals surface area contributed by atoms with Gasteiger partial charge in [-0.25, -0.2) is 18.0 Å². The third-order valence-electron chi connectivity index (χ3n) is 17.9. The molecular weight excluding hydrogens is 1190 g/mol. The molecule has 0 bridgehead atoms. The summed E-state index contributed by atoms with van der Waals surface area (Å²) in [6, 6.07) is 78.7. The van der Waals surface area contributed by atoms with E-state index in [1.54, 1.807) is 30.3 Å². The molecule has 1 aliphatic heterocycles. The molecule has 3 unspecified atom stereocenters. The van der Waals surface area contributed by atoms with E-state index in [1.165, 1.54) is 43.6 Å². The first kappa shape index (κ1) is 69.1. The highest BCUT2D eigenvalue weighted by Crippen LogP contribution is 2.43. The molecule has 8 atom stereocenters. The van der Waals surface area contributed by atoms with Gasteiger partial charge in [-0.15, -0.1) is 0 Å². The Kier molecular flexibility index (Phi) is 24.6. The van der Waals surface area contributed by atoms with E-state index in [2.05, 4.69) is 82.6 Å². The molecule has 0 radical (unpaired) electrons. The van der Waals surface area contributed by atoms with E-state index >= 15 is 0 Å². The number of rotatable bonds is 21. The summed E-state index contributed by atoms with van der Waals surface area (Å²) in [6.45, 7) is 4.01. The number of methoxy groups -OCH3 is 3. The molecule has 2 N–H and O–H groups in total. The summed E-state index contributed by atoms with van der Waals surface area (Å²) in [5.41, 5.74) is 4.91. The molecule has 0 spiro atoms. The number of aliphatic hydroxyl groups is 2. The lowest BCUT2D eigenvalue weighted by atomic mass is 10.0. The van der Waals surface area contributed by atoms with Crippen molar-refractivity contribution in [3.63, 3.8) is 0 Å². The standard InChI is InChI=1S/C21H25NO4.C21H25NO3.C21H25NO2.C13H11NO3S/c1-26-20(23)21(24)13-12-19(14-21)22(25,15-17-8-4-2-5-9-17)16-18-10-6-3-7-11-18;1-25-20(23)21(24)13-12-19(14-21)22(15-17-8-4-2-5-9-17)16-18-10-6-3-7-11-18;1-24-21(23)19-12-13-20(14-19)22(15-17-8-4-2-5-9-17)16-18-10-6-3-7-11-18;15-18(16,12-9-5-2-6-10-12)14-13(17-14)11-7-3-1-4-8-11/h2-11,19,24H,12-16H2,1H3;2-11,19,24H,12-16H2,1H3;2-11,19-20H,12-16H2,1H3;1-10,13H/t2*19-,21?;19-,20+;13-,14?/m0011/s1. The molecule has 3 aliphatic carbocycles. The fourth-order valence-corrected chi connectivity index (χ4v) is 14.2. The van der Waals surface area contributed by atoms with E-state index in [0.717, 1.165) is 73.0 Å². The quantitative estimate of drug-likeness (QED) is 0.0226. The van der Waals surface area contributed by atoms with Gasteiger partial charge in [0.05, 0.1) is 38.2 Å². The third-order valence-corrected chi connectivity index (χ3v) is 19.5. The van der Waals surface area contributed by atoms with Gasteiger partial charge in [0, 0.05) is 74.2 Å². The fraction of sp³-hybridized carbons (Fsp3) is 0.329. The number of hydrogen-bond donors (Lipinski definition) is 2. The van der Waals surface area contributed by atoms with Gasteiger partial charge in [0.2, 0.25) is 0 Å². The zero-order chi connectivity index (χ0) is 65.7. The van der Waals surface area contributed by atoms with Crippen molar-refractivity contribution in [3.8, 4) is 0 Å². The molecular formula is C76H86N4O12S. The SMILES string of the molecule is COC(=O)C1(O)CC[C@H](N(Cc2ccccc2)Cc2ccccc2)C1.COC(=O)C1(O)CC[C@H]([N+]([O-])(Cc2ccccc2)Cc2ccccc2)C1.COC(=O)[C@@H]1CC[C@H](N(Cc2ccccc2)Cc2ccccc2)C1.O=S(=O)(c1ccccc1)N1O[C@@H]1c1ccccc1. The summed E-state index contributed by atoms with van der Waals surface area (Å²) in [5, 5.41) is 35.1. The Balaban J connectivity index is 0.000000147. The number of benzene rings is 8. The molecule has 16 nitrogen and oxygen atoms in total. The minimum atomic E-state index is -3.55. The Hall–Kier alpha value is -8.20. The summed E-state index contributed by atoms with van der Waals surface area (Å²) in [6.07, 6.45) is 4.91. The third kappa shape index (κ3) is 19.2. The second-order valence-corrected chi connectivity index (χ2v) is 26.2. The highest BCUT2D eigenvalue weighted by Gasteiger charge is 2.51. The Morgan fingerprint density at radius 3 is 1.27 bits per heavy atom. The summed E-state index contributed by atoms with van der Waals surface area (Å²) in [7, 11) is 0.533. The van der Waals surface area contributed by atoms with Crippen molar-refractivity contribution >= 4 is 27.9 Å². The van der Waals surface area contributed by atoms with Crippen molar-refractivity contribution in [1.82, 2.24) is 14.3 Å². The maximum atomic E-state index is 13.9. The average molecular weight is 1280 g/mol. The molecule has 0 amide bonds. The average Bonchev–Trinajstić information content (AvgIpc) is 1.61. The van der Waals surface area contributed by atoms with Crippen LogP contribution in [-0.4, -0.2) is 106 Å². The van der Waals surface area contributed by atoms with Gasteiger partial charge < -0.3 is 34.3 Å². The van der Waals surface area contributed by atoms with Crippen molar-refractivity contribution < 1.29 is 56.7 Å². The molecule has 17 heteroatoms. The number of quaternary nitrogens is 1. The van der Waals surface area contributed by atoms with Crippen LogP contribution in [0.2, 0.25) is 0 Å². The lowest BCUT2D eigenvalue weighted by molar-refractivity contribution is -0.930. The molecule has 3 saturated carbocycles. The van der Waals surface area contributed by atoms with Gasteiger partial charge in [-0.2, -0.15) is 0 Å². The van der Waals surface area contributed by atoms with Crippen LogP contribution in [-0.2, 0) is 82.7 Å². The van der Waals surface area contributed by atoms with Crippen LogP contribution in [0.4, 0.5) is 0 Å². The number of esters is 3. The molecule has 488 valence electrons. The van der Waals surface area contributed by atoms with Gasteiger partial charge in [0.15, 0.2) is 17.4 Å². The van der Waals surface area contributed by atoms with Crippen LogP contribution in [0.5, 0.6) is 0 Å². The first-order chi connectivity index (χ1) is 45.0. The molecule has 8 aromatic rings. The van der Waals surface area contributed by atoms with E-state index in [9.17, 15) is 38.2 Å². The van der Waals surface area contributed by atoms with Crippen molar-refractivity contribution in [3.05, 3.63) is 287 Å². The Morgan fingerprint density at radius 2 is 0.860 bits per heavy atom. The Morgan fingerprint density at radius 1 is 0.495 bits per heavy atom. The minimum absolute atomic E-state index is 0.0500. The van der Waals surface area contributed by atoms with Gasteiger partial charge in [0.1, 0.15) is 13.1 Å². The van der Waals surface area contributed by atoms with Crippen LogP contribution in [0.15, 0.2) is 248 Å². The topological polar surface area (TPSA) is 199 Å². The summed E-state index contributed by atoms with van der Waals surface area (Å²) in [5.74, 6) is -1.17. The van der Waals surface area contributed by atoms with Crippen LogP contribution in [0.1, 0.15) is 103 Å². The molecule has 1 saturated heterocycles. The maximum Gasteiger partial charge on any atom is 0.338 e. The second-order valence-electron chi connectivity index (χ2n) is 24.5. The van der Waals surface area contributed by atoms with Crippen molar-refractivity contribution in [2.45, 2.75) is 138 Å². The van der Waals surface area contributed by atoms with Crippen LogP contribution < -0.4 is 0 Å². The molecule has 12 rings (SSSR count). The van der Waals surface area contributed by atoms with Gasteiger partial charge in [-0.05, 0) is 77.4 Å². The van der Waals surface area contributed by atoms with Gasteiger partial charge in [-0.3, -0.25) is 19.4 Å². The predicted molar refractivity (Wildman–Crippen MR) is 356 cm³/mol. The van der Waals surface area contributed by atoms with Crippen LogP contribution in [0.25, 0.3) is 0 Å². The summed E-state index contributed by atoms with van der Waals surface area (Å²) in [4.78, 5) is 46.0. The molecule has 0 aromatic heterocycles. The lowest BCUT2D eigenvalue weighted by Crippen LogP contribution is -2.50. The van der Waals surface area contributed by atoms with E-state index in [0.29, 0.717) is 38.4 Å². The zero-order valence-corrected chi connectivity index (χ0v) is 54.1. The monoisotopic (exact) mass is 1280 g/mol. The normalized spacial score (nSPS) is 22.2. The van der Waals surface area contributed by atoms with E-state index in [-0.39, 0.29) is 41.7 Å². The first-order valence-corrected chi connectivity index (χ1v) is 33.3. The van der Waals surface area contributed by atoms with Crippen molar-refractivity contribution in [2.75, 3.05) is 21.3 Å². The lowest BCUT2D eigenvalue weighted by Gasteiger charge is -2.48. The second kappa shape index (κ2) is 33.1.